The van der Waals surface area contributed by atoms with Crippen LogP contribution in [0.4, 0.5) is 5.69 Å². The van der Waals surface area contributed by atoms with Crippen LogP contribution in [0.15, 0.2) is 22.7 Å². The zero-order chi connectivity index (χ0) is 15.1. The number of rotatable bonds is 2. The highest BCUT2D eigenvalue weighted by molar-refractivity contribution is 9.10. The molecule has 2 N–H and O–H groups in total. The first kappa shape index (κ1) is 17.2. The minimum atomic E-state index is -0.474. The van der Waals surface area contributed by atoms with E-state index in [2.05, 4.69) is 15.9 Å². The van der Waals surface area contributed by atoms with Crippen molar-refractivity contribution < 1.29 is 9.72 Å². The molecule has 3 unspecified atom stereocenters. The monoisotopic (exact) mass is 389 g/mol. The zero-order valence-electron chi connectivity index (χ0n) is 11.8. The van der Waals surface area contributed by atoms with Crippen LogP contribution in [0.3, 0.4) is 0 Å². The largest absolute Gasteiger partial charge is 0.338 e. The number of nitro benzene ring substituents is 1. The number of nitrogens with zero attached hydrogens (tertiary/aromatic N) is 2. The number of hydrogen-bond donors (Lipinski definition) is 1. The molecule has 0 aromatic heterocycles. The van der Waals surface area contributed by atoms with Gasteiger partial charge in [-0.1, -0.05) is 0 Å². The summed E-state index contributed by atoms with van der Waals surface area (Å²) in [5.74, 6) is 0.810. The summed E-state index contributed by atoms with van der Waals surface area (Å²) in [6, 6.07) is 4.43. The third-order valence-electron chi connectivity index (χ3n) is 4.59. The number of amides is 1. The molecule has 0 bridgehead atoms. The molecule has 1 aliphatic heterocycles. The van der Waals surface area contributed by atoms with Crippen molar-refractivity contribution in [3.05, 3.63) is 38.3 Å². The summed E-state index contributed by atoms with van der Waals surface area (Å²) in [6.45, 7) is 1.43. The van der Waals surface area contributed by atoms with E-state index in [0.717, 1.165) is 19.4 Å². The molecule has 1 aromatic rings. The zero-order valence-corrected chi connectivity index (χ0v) is 14.2. The molecule has 1 amide bonds. The van der Waals surface area contributed by atoms with E-state index in [1.165, 1.54) is 18.2 Å². The Morgan fingerprint density at radius 1 is 1.36 bits per heavy atom. The molecule has 2 fully saturated rings. The Hall–Kier alpha value is -1.18. The number of carbonyl (C=O) groups is 1. The molecule has 3 atom stereocenters. The van der Waals surface area contributed by atoms with E-state index in [1.807, 2.05) is 4.90 Å². The molecular formula is C14H17BrClN3O3. The van der Waals surface area contributed by atoms with Gasteiger partial charge in [0.2, 0.25) is 0 Å². The summed E-state index contributed by atoms with van der Waals surface area (Å²) in [5.41, 5.74) is 6.52. The van der Waals surface area contributed by atoms with Crippen molar-refractivity contribution in [3.8, 4) is 0 Å². The third-order valence-corrected chi connectivity index (χ3v) is 5.25. The summed E-state index contributed by atoms with van der Waals surface area (Å²) in [7, 11) is 0. The van der Waals surface area contributed by atoms with E-state index in [-0.39, 0.29) is 30.0 Å². The van der Waals surface area contributed by atoms with Crippen LogP contribution in [-0.4, -0.2) is 34.9 Å². The van der Waals surface area contributed by atoms with Gasteiger partial charge in [0.1, 0.15) is 0 Å². The summed E-state index contributed by atoms with van der Waals surface area (Å²) >= 11 is 3.26. The standard InChI is InChI=1S/C14H16BrN3O3.ClH/c15-12-5-9(18(20)21)2-3-10(12)14(19)17-6-8-1-4-13(16)11(8)7-17;/h2-3,5,8,11,13H,1,4,6-7,16H2;1H. The number of halogens is 2. The first-order valence-electron chi connectivity index (χ1n) is 6.96. The average molecular weight is 391 g/mol. The van der Waals surface area contributed by atoms with Crippen molar-refractivity contribution in [2.75, 3.05) is 13.1 Å². The van der Waals surface area contributed by atoms with Gasteiger partial charge in [-0.05, 0) is 46.7 Å². The maximum atomic E-state index is 12.6. The van der Waals surface area contributed by atoms with Gasteiger partial charge in [-0.3, -0.25) is 14.9 Å². The Balaban J connectivity index is 0.00000176. The topological polar surface area (TPSA) is 89.5 Å². The number of non-ortho nitro benzene ring substituents is 1. The summed E-state index contributed by atoms with van der Waals surface area (Å²) < 4.78 is 0.461. The Morgan fingerprint density at radius 2 is 2.09 bits per heavy atom. The van der Waals surface area contributed by atoms with Gasteiger partial charge in [-0.25, -0.2) is 0 Å². The van der Waals surface area contributed by atoms with Crippen LogP contribution in [-0.2, 0) is 0 Å². The summed E-state index contributed by atoms with van der Waals surface area (Å²) in [6.07, 6.45) is 2.12. The van der Waals surface area contributed by atoms with Crippen molar-refractivity contribution in [1.82, 2.24) is 4.90 Å². The second kappa shape index (κ2) is 6.52. The molecule has 1 saturated carbocycles. The lowest BCUT2D eigenvalue weighted by Gasteiger charge is -2.19. The maximum absolute atomic E-state index is 12.6. The lowest BCUT2D eigenvalue weighted by Crippen LogP contribution is -2.33. The van der Waals surface area contributed by atoms with Crippen molar-refractivity contribution in [1.29, 1.82) is 0 Å². The smallest absolute Gasteiger partial charge is 0.270 e. The van der Waals surface area contributed by atoms with E-state index in [4.69, 9.17) is 5.73 Å². The van der Waals surface area contributed by atoms with Crippen molar-refractivity contribution >= 4 is 39.9 Å². The Bertz CT molecular complexity index is 613. The van der Waals surface area contributed by atoms with Crippen LogP contribution < -0.4 is 5.73 Å². The fourth-order valence-corrected chi connectivity index (χ4v) is 3.97. The fourth-order valence-electron chi connectivity index (χ4n) is 3.43. The van der Waals surface area contributed by atoms with Gasteiger partial charge in [0.15, 0.2) is 0 Å². The second-order valence-electron chi connectivity index (χ2n) is 5.80. The Morgan fingerprint density at radius 3 is 2.68 bits per heavy atom. The SMILES string of the molecule is Cl.NC1CCC2CN(C(=O)c3ccc([N+](=O)[O-])cc3Br)CC12. The normalized spacial score (nSPS) is 26.5. The molecule has 2 aliphatic rings. The van der Waals surface area contributed by atoms with Gasteiger partial charge in [-0.15, -0.1) is 12.4 Å². The van der Waals surface area contributed by atoms with Crippen LogP contribution in [0.1, 0.15) is 23.2 Å². The number of nitrogens with two attached hydrogens (primary N) is 1. The Kier molecular flexibility index (Phi) is 5.09. The first-order chi connectivity index (χ1) is 9.97. The predicted molar refractivity (Wildman–Crippen MR) is 88.1 cm³/mol. The first-order valence-corrected chi connectivity index (χ1v) is 7.75. The quantitative estimate of drug-likeness (QED) is 0.621. The molecule has 22 heavy (non-hydrogen) atoms. The van der Waals surface area contributed by atoms with Crippen LogP contribution in [0.2, 0.25) is 0 Å². The molecular weight excluding hydrogens is 374 g/mol. The van der Waals surface area contributed by atoms with Gasteiger partial charge >= 0.3 is 0 Å². The van der Waals surface area contributed by atoms with Crippen LogP contribution >= 0.6 is 28.3 Å². The lowest BCUT2D eigenvalue weighted by atomic mass is 9.98. The van der Waals surface area contributed by atoms with Crippen molar-refractivity contribution in [3.63, 3.8) is 0 Å². The number of carbonyl (C=O) groups excluding carboxylic acids is 1. The number of likely N-dealkylation sites (tertiary alicyclic amines) is 1. The predicted octanol–water partition coefficient (Wildman–Crippen LogP) is 2.59. The molecule has 0 spiro atoms. The molecule has 1 aliphatic carbocycles. The van der Waals surface area contributed by atoms with Gasteiger partial charge < -0.3 is 10.6 Å². The molecule has 1 saturated heterocycles. The molecule has 1 aromatic carbocycles. The number of fused-ring (bicyclic) bond motifs is 1. The highest BCUT2D eigenvalue weighted by atomic mass is 79.9. The van der Waals surface area contributed by atoms with Crippen molar-refractivity contribution in [2.45, 2.75) is 18.9 Å². The third kappa shape index (κ3) is 2.98. The van der Waals surface area contributed by atoms with E-state index in [1.54, 1.807) is 0 Å². The van der Waals surface area contributed by atoms with Gasteiger partial charge in [0.05, 0.1) is 10.5 Å². The van der Waals surface area contributed by atoms with Gasteiger partial charge in [0.25, 0.3) is 11.6 Å². The van der Waals surface area contributed by atoms with Crippen LogP contribution in [0.25, 0.3) is 0 Å². The lowest BCUT2D eigenvalue weighted by molar-refractivity contribution is -0.384. The molecule has 8 heteroatoms. The van der Waals surface area contributed by atoms with E-state index < -0.39 is 4.92 Å². The molecule has 6 nitrogen and oxygen atoms in total. The van der Waals surface area contributed by atoms with Crippen LogP contribution in [0.5, 0.6) is 0 Å². The van der Waals surface area contributed by atoms with Gasteiger partial charge in [0, 0.05) is 35.7 Å². The van der Waals surface area contributed by atoms with E-state index in [9.17, 15) is 14.9 Å². The van der Waals surface area contributed by atoms with Crippen molar-refractivity contribution in [2.24, 2.45) is 17.6 Å². The molecule has 3 rings (SSSR count). The summed E-state index contributed by atoms with van der Waals surface area (Å²) in [4.78, 5) is 24.7. The summed E-state index contributed by atoms with van der Waals surface area (Å²) in [5, 5.41) is 10.7. The van der Waals surface area contributed by atoms with Gasteiger partial charge in [-0.2, -0.15) is 0 Å². The fraction of sp³-hybridized carbons (Fsp3) is 0.500. The number of hydrogen-bond acceptors (Lipinski definition) is 4. The van der Waals surface area contributed by atoms with Crippen LogP contribution in [0, 0.1) is 22.0 Å². The highest BCUT2D eigenvalue weighted by Gasteiger charge is 2.42. The number of benzene rings is 1. The number of nitro groups is 1. The van der Waals surface area contributed by atoms with E-state index >= 15 is 0 Å². The molecule has 120 valence electrons. The van der Waals surface area contributed by atoms with E-state index in [0.29, 0.717) is 28.4 Å². The highest BCUT2D eigenvalue weighted by Crippen LogP contribution is 2.38. The average Bonchev–Trinajstić information content (AvgIpc) is 3.00. The minimum Gasteiger partial charge on any atom is -0.338 e. The Labute approximate surface area is 142 Å². The second-order valence-corrected chi connectivity index (χ2v) is 6.65. The molecule has 0 radical (unpaired) electrons. The minimum absolute atomic E-state index is 0. The maximum Gasteiger partial charge on any atom is 0.270 e. The molecule has 1 heterocycles.